The molecule has 0 fully saturated rings. The minimum Gasteiger partial charge on any atom is -0.494 e. The molecule has 2 rings (SSSR count). The van der Waals surface area contributed by atoms with Gasteiger partial charge in [0.2, 0.25) is 15.9 Å². The predicted molar refractivity (Wildman–Crippen MR) is 108 cm³/mol. The summed E-state index contributed by atoms with van der Waals surface area (Å²) in [5.41, 5.74) is 3.19. The molecule has 146 valence electrons. The molecule has 1 amide bonds. The van der Waals surface area contributed by atoms with Crippen molar-refractivity contribution >= 4 is 21.6 Å². The molecule has 0 spiro atoms. The predicted octanol–water partition coefficient (Wildman–Crippen LogP) is 2.78. The van der Waals surface area contributed by atoms with Gasteiger partial charge in [-0.1, -0.05) is 24.3 Å². The number of carbonyl (C=O) groups excluding carboxylic acids is 1. The lowest BCUT2D eigenvalue weighted by atomic mass is 10.1. The van der Waals surface area contributed by atoms with Crippen LogP contribution in [0.25, 0.3) is 0 Å². The Labute approximate surface area is 161 Å². The maximum absolute atomic E-state index is 12.4. The van der Waals surface area contributed by atoms with E-state index in [2.05, 4.69) is 5.32 Å². The minimum atomic E-state index is -3.60. The van der Waals surface area contributed by atoms with E-state index >= 15 is 0 Å². The first-order valence-electron chi connectivity index (χ1n) is 8.74. The molecule has 0 saturated carbocycles. The molecule has 7 heteroatoms. The van der Waals surface area contributed by atoms with Crippen LogP contribution < -0.4 is 14.4 Å². The van der Waals surface area contributed by atoms with Crippen LogP contribution in [0.1, 0.15) is 23.6 Å². The summed E-state index contributed by atoms with van der Waals surface area (Å²) < 4.78 is 31.1. The Morgan fingerprint density at radius 3 is 2.33 bits per heavy atom. The summed E-state index contributed by atoms with van der Waals surface area (Å²) in [7, 11) is -3.60. The average molecular weight is 391 g/mol. The van der Waals surface area contributed by atoms with Crippen molar-refractivity contribution in [2.75, 3.05) is 23.7 Å². The number of para-hydroxylation sites is 1. The Morgan fingerprint density at radius 1 is 1.11 bits per heavy atom. The molecule has 1 N–H and O–H groups in total. The number of rotatable bonds is 8. The van der Waals surface area contributed by atoms with Crippen LogP contribution in [0, 0.1) is 13.8 Å². The lowest BCUT2D eigenvalue weighted by Gasteiger charge is -2.23. The van der Waals surface area contributed by atoms with Gasteiger partial charge in [-0.25, -0.2) is 8.42 Å². The molecule has 6 nitrogen and oxygen atoms in total. The standard InChI is InChI=1S/C20H26N2O4S/c1-5-26-19-9-7-6-8-17(19)13-21-20(23)14-22(27(4,24)25)18-11-15(2)10-16(3)12-18/h6-12H,5,13-14H2,1-4H3,(H,21,23). The minimum absolute atomic E-state index is 0.263. The van der Waals surface area contributed by atoms with E-state index in [9.17, 15) is 13.2 Å². The number of anilines is 1. The zero-order valence-corrected chi connectivity index (χ0v) is 17.0. The third kappa shape index (κ3) is 5.99. The van der Waals surface area contributed by atoms with Gasteiger partial charge in [0.05, 0.1) is 18.6 Å². The van der Waals surface area contributed by atoms with Crippen molar-refractivity contribution in [1.29, 1.82) is 0 Å². The number of hydrogen-bond acceptors (Lipinski definition) is 4. The molecule has 0 atom stereocenters. The first-order valence-corrected chi connectivity index (χ1v) is 10.6. The van der Waals surface area contributed by atoms with Crippen LogP contribution >= 0.6 is 0 Å². The maximum Gasteiger partial charge on any atom is 0.241 e. The Morgan fingerprint density at radius 2 is 1.74 bits per heavy atom. The van der Waals surface area contributed by atoms with Crippen LogP contribution in [0.4, 0.5) is 5.69 Å². The number of amides is 1. The fourth-order valence-electron chi connectivity index (χ4n) is 2.82. The SMILES string of the molecule is CCOc1ccccc1CNC(=O)CN(c1cc(C)cc(C)c1)S(C)(=O)=O. The monoisotopic (exact) mass is 390 g/mol. The van der Waals surface area contributed by atoms with Gasteiger partial charge in [0.25, 0.3) is 0 Å². The number of benzene rings is 2. The summed E-state index contributed by atoms with van der Waals surface area (Å²) >= 11 is 0. The van der Waals surface area contributed by atoms with Crippen LogP contribution in [0.2, 0.25) is 0 Å². The molecule has 0 bridgehead atoms. The van der Waals surface area contributed by atoms with E-state index in [1.54, 1.807) is 12.1 Å². The molecule has 2 aromatic rings. The number of hydrogen-bond donors (Lipinski definition) is 1. The van der Waals surface area contributed by atoms with Crippen molar-refractivity contribution in [3.05, 3.63) is 59.2 Å². The zero-order chi connectivity index (χ0) is 20.0. The highest BCUT2D eigenvalue weighted by Crippen LogP contribution is 2.21. The van der Waals surface area contributed by atoms with Gasteiger partial charge in [-0.2, -0.15) is 0 Å². The zero-order valence-electron chi connectivity index (χ0n) is 16.2. The maximum atomic E-state index is 12.4. The van der Waals surface area contributed by atoms with Crippen molar-refractivity contribution < 1.29 is 17.9 Å². The highest BCUT2D eigenvalue weighted by atomic mass is 32.2. The summed E-state index contributed by atoms with van der Waals surface area (Å²) in [5, 5.41) is 2.77. The number of nitrogens with zero attached hydrogens (tertiary/aromatic N) is 1. The average Bonchev–Trinajstić information content (AvgIpc) is 2.57. The Bertz CT molecular complexity index is 890. The van der Waals surface area contributed by atoms with Crippen molar-refractivity contribution in [2.45, 2.75) is 27.3 Å². The summed E-state index contributed by atoms with van der Waals surface area (Å²) in [5.74, 6) is 0.320. The third-order valence-electron chi connectivity index (χ3n) is 3.93. The van der Waals surface area contributed by atoms with Crippen molar-refractivity contribution in [3.8, 4) is 5.75 Å². The topological polar surface area (TPSA) is 75.7 Å². The number of sulfonamides is 1. The largest absolute Gasteiger partial charge is 0.494 e. The molecule has 0 aromatic heterocycles. The van der Waals surface area contributed by atoms with Crippen LogP contribution in [0.15, 0.2) is 42.5 Å². The highest BCUT2D eigenvalue weighted by Gasteiger charge is 2.21. The molecular weight excluding hydrogens is 364 g/mol. The lowest BCUT2D eigenvalue weighted by molar-refractivity contribution is -0.119. The molecule has 0 saturated heterocycles. The van der Waals surface area contributed by atoms with Crippen molar-refractivity contribution in [2.24, 2.45) is 0 Å². The number of aryl methyl sites for hydroxylation is 2. The smallest absolute Gasteiger partial charge is 0.241 e. The molecule has 0 heterocycles. The first kappa shape index (κ1) is 20.8. The van der Waals surface area contributed by atoms with Crippen LogP contribution in [0.3, 0.4) is 0 Å². The van der Waals surface area contributed by atoms with Gasteiger partial charge in [-0.3, -0.25) is 9.10 Å². The van der Waals surface area contributed by atoms with Gasteiger partial charge < -0.3 is 10.1 Å². The van der Waals surface area contributed by atoms with Crippen LogP contribution in [0.5, 0.6) is 5.75 Å². The summed E-state index contributed by atoms with van der Waals surface area (Å²) in [6.07, 6.45) is 1.10. The second kappa shape index (κ2) is 8.90. The molecule has 0 aliphatic heterocycles. The van der Waals surface area contributed by atoms with Crippen LogP contribution in [-0.4, -0.2) is 33.7 Å². The molecule has 0 aliphatic rings. The highest BCUT2D eigenvalue weighted by molar-refractivity contribution is 7.92. The summed E-state index contributed by atoms with van der Waals surface area (Å²) in [6.45, 7) is 6.18. The molecule has 2 aromatic carbocycles. The van der Waals surface area contributed by atoms with E-state index in [4.69, 9.17) is 4.74 Å². The third-order valence-corrected chi connectivity index (χ3v) is 5.07. The Hall–Kier alpha value is -2.54. The lowest BCUT2D eigenvalue weighted by Crippen LogP contribution is -2.40. The Balaban J connectivity index is 2.13. The second-order valence-electron chi connectivity index (χ2n) is 6.43. The molecule has 0 unspecified atom stereocenters. The fourth-order valence-corrected chi connectivity index (χ4v) is 3.66. The van der Waals surface area contributed by atoms with Gasteiger partial charge >= 0.3 is 0 Å². The first-order chi connectivity index (χ1) is 12.7. The van der Waals surface area contributed by atoms with Crippen molar-refractivity contribution in [1.82, 2.24) is 5.32 Å². The number of ether oxygens (including phenoxy) is 1. The van der Waals surface area contributed by atoms with E-state index in [1.165, 1.54) is 0 Å². The van der Waals surface area contributed by atoms with E-state index in [0.717, 1.165) is 27.3 Å². The quantitative estimate of drug-likeness (QED) is 0.752. The fraction of sp³-hybridized carbons (Fsp3) is 0.350. The molecule has 0 aliphatic carbocycles. The normalized spacial score (nSPS) is 11.1. The summed E-state index contributed by atoms with van der Waals surface area (Å²) in [6, 6.07) is 12.9. The van der Waals surface area contributed by atoms with Gasteiger partial charge in [0.1, 0.15) is 12.3 Å². The van der Waals surface area contributed by atoms with E-state index < -0.39 is 10.0 Å². The molecule has 0 radical (unpaired) electrons. The van der Waals surface area contributed by atoms with E-state index in [0.29, 0.717) is 18.0 Å². The summed E-state index contributed by atoms with van der Waals surface area (Å²) in [4.78, 5) is 12.4. The van der Waals surface area contributed by atoms with Gasteiger partial charge in [0.15, 0.2) is 0 Å². The number of carbonyl (C=O) groups is 1. The van der Waals surface area contributed by atoms with Crippen LogP contribution in [-0.2, 0) is 21.4 Å². The van der Waals surface area contributed by atoms with Gasteiger partial charge in [-0.05, 0) is 50.1 Å². The van der Waals surface area contributed by atoms with Crippen molar-refractivity contribution in [3.63, 3.8) is 0 Å². The van der Waals surface area contributed by atoms with Gasteiger partial charge in [0, 0.05) is 12.1 Å². The van der Waals surface area contributed by atoms with Gasteiger partial charge in [-0.15, -0.1) is 0 Å². The number of nitrogens with one attached hydrogen (secondary N) is 1. The molecular formula is C20H26N2O4S. The van der Waals surface area contributed by atoms with E-state index in [1.807, 2.05) is 51.1 Å². The van der Waals surface area contributed by atoms with E-state index in [-0.39, 0.29) is 19.0 Å². The second-order valence-corrected chi connectivity index (χ2v) is 8.34. The molecule has 27 heavy (non-hydrogen) atoms. The Kier molecular flexibility index (Phi) is 6.85.